The fourth-order valence-electron chi connectivity index (χ4n) is 5.67. The maximum absolute atomic E-state index is 13.1. The zero-order chi connectivity index (χ0) is 26.5. The van der Waals surface area contributed by atoms with Crippen molar-refractivity contribution >= 4 is 0 Å². The molecule has 206 valence electrons. The number of benzene rings is 1. The molecule has 0 aromatic heterocycles. The lowest BCUT2D eigenvalue weighted by Gasteiger charge is -2.32. The Labute approximate surface area is 209 Å². The molecule has 10 heteroatoms. The van der Waals surface area contributed by atoms with Crippen molar-refractivity contribution in [2.45, 2.75) is 95.2 Å². The van der Waals surface area contributed by atoms with Crippen LogP contribution < -0.4 is 10.1 Å². The summed E-state index contributed by atoms with van der Waals surface area (Å²) in [7, 11) is 0. The Morgan fingerprint density at radius 2 is 1.83 bits per heavy atom. The minimum absolute atomic E-state index is 0.106. The predicted octanol–water partition coefficient (Wildman–Crippen LogP) is 4.60. The minimum Gasteiger partial charge on any atom is -0.489 e. The summed E-state index contributed by atoms with van der Waals surface area (Å²) >= 11 is 0. The summed E-state index contributed by atoms with van der Waals surface area (Å²) < 4.78 is 68.6. The second-order valence-electron chi connectivity index (χ2n) is 10.3. The third-order valence-corrected chi connectivity index (χ3v) is 7.69. The number of rotatable bonds is 13. The van der Waals surface area contributed by atoms with Crippen LogP contribution in [0.3, 0.4) is 0 Å². The number of ether oxygens (including phenoxy) is 1. The third-order valence-electron chi connectivity index (χ3n) is 7.69. The van der Waals surface area contributed by atoms with Crippen LogP contribution in [0.4, 0.5) is 22.0 Å². The van der Waals surface area contributed by atoms with Gasteiger partial charge >= 0.3 is 12.1 Å². The number of alkyl halides is 5. The largest absolute Gasteiger partial charge is 0.489 e. The van der Waals surface area contributed by atoms with Gasteiger partial charge in [-0.05, 0) is 73.5 Å². The van der Waals surface area contributed by atoms with Crippen molar-refractivity contribution in [1.82, 2.24) is 5.32 Å². The molecule has 6 atom stereocenters. The Bertz CT molecular complexity index is 837. The third kappa shape index (κ3) is 7.30. The molecule has 1 saturated carbocycles. The van der Waals surface area contributed by atoms with E-state index in [1.54, 1.807) is 17.4 Å². The van der Waals surface area contributed by atoms with Crippen molar-refractivity contribution < 1.29 is 42.0 Å². The lowest BCUT2D eigenvalue weighted by molar-refractivity contribution is -0.280. The molecule has 1 aromatic rings. The molecule has 0 spiro atoms. The van der Waals surface area contributed by atoms with E-state index in [-0.39, 0.29) is 23.9 Å². The molecule has 1 aromatic carbocycles. The van der Waals surface area contributed by atoms with Gasteiger partial charge in [0.25, 0.3) is 0 Å². The number of unbranched alkanes of at least 4 members (excludes halogenated alkanes) is 2. The molecule has 5 nitrogen and oxygen atoms in total. The second-order valence-corrected chi connectivity index (χ2v) is 10.3. The molecular formula is C26H38F5NO4. The first kappa shape index (κ1) is 29.1. The van der Waals surface area contributed by atoms with Gasteiger partial charge in [-0.2, -0.15) is 22.0 Å². The maximum atomic E-state index is 13.1. The molecule has 0 amide bonds. The fourth-order valence-corrected chi connectivity index (χ4v) is 5.67. The van der Waals surface area contributed by atoms with Crippen LogP contribution in [0, 0.1) is 17.8 Å². The zero-order valence-corrected chi connectivity index (χ0v) is 20.6. The Morgan fingerprint density at radius 1 is 1.08 bits per heavy atom. The van der Waals surface area contributed by atoms with E-state index in [0.717, 1.165) is 49.7 Å². The zero-order valence-electron chi connectivity index (χ0n) is 20.6. The van der Waals surface area contributed by atoms with E-state index in [4.69, 9.17) is 4.74 Å². The van der Waals surface area contributed by atoms with Crippen LogP contribution >= 0.6 is 0 Å². The lowest BCUT2D eigenvalue weighted by Crippen LogP contribution is -2.49. The van der Waals surface area contributed by atoms with Crippen molar-refractivity contribution in [3.63, 3.8) is 0 Å². The summed E-state index contributed by atoms with van der Waals surface area (Å²) in [6.45, 7) is -0.110. The highest BCUT2D eigenvalue weighted by atomic mass is 19.4. The van der Waals surface area contributed by atoms with Crippen molar-refractivity contribution in [2.75, 3.05) is 13.2 Å². The smallest absolute Gasteiger partial charge is 0.454 e. The van der Waals surface area contributed by atoms with Gasteiger partial charge in [0.05, 0.1) is 18.8 Å². The van der Waals surface area contributed by atoms with Crippen LogP contribution in [0.5, 0.6) is 5.75 Å². The Morgan fingerprint density at radius 3 is 2.53 bits per heavy atom. The molecule has 0 radical (unpaired) electrons. The maximum Gasteiger partial charge on any atom is 0.454 e. The molecule has 1 fully saturated rings. The Balaban J connectivity index is 1.56. The molecule has 36 heavy (non-hydrogen) atoms. The first-order valence-corrected chi connectivity index (χ1v) is 12.9. The number of aliphatic hydroxyl groups is 3. The average Bonchev–Trinajstić information content (AvgIpc) is 3.11. The summed E-state index contributed by atoms with van der Waals surface area (Å²) in [5.74, 6) is -3.88. The van der Waals surface area contributed by atoms with Gasteiger partial charge in [0.15, 0.2) is 0 Å². The van der Waals surface area contributed by atoms with E-state index in [1.165, 1.54) is 0 Å². The van der Waals surface area contributed by atoms with Gasteiger partial charge < -0.3 is 20.1 Å². The van der Waals surface area contributed by atoms with Crippen LogP contribution in [0.25, 0.3) is 0 Å². The number of halogens is 5. The highest BCUT2D eigenvalue weighted by Crippen LogP contribution is 2.48. The predicted molar refractivity (Wildman–Crippen MR) is 125 cm³/mol. The average molecular weight is 524 g/mol. The number of aliphatic hydroxyl groups excluding tert-OH is 3. The molecule has 4 N–H and O–H groups in total. The lowest BCUT2D eigenvalue weighted by atomic mass is 9.73. The SMILES string of the molecule is CCCCC[C@@H](O)CC[C@@H]1[C@H]2Cc3cccc(OCC(O)NCC(F)(F)C(F)(F)F)c3C[C@H]2C[C@H]1O. The first-order chi connectivity index (χ1) is 16.9. The molecule has 0 saturated heterocycles. The van der Waals surface area contributed by atoms with Crippen LogP contribution in [-0.2, 0) is 12.8 Å². The molecule has 3 rings (SSSR count). The number of hydrogen-bond donors (Lipinski definition) is 4. The normalized spacial score (nSPS) is 25.8. The highest BCUT2D eigenvalue weighted by Gasteiger charge is 2.57. The van der Waals surface area contributed by atoms with Crippen molar-refractivity contribution in [1.29, 1.82) is 0 Å². The van der Waals surface area contributed by atoms with Crippen molar-refractivity contribution in [3.8, 4) is 5.75 Å². The van der Waals surface area contributed by atoms with E-state index < -0.39 is 37.6 Å². The van der Waals surface area contributed by atoms with Gasteiger partial charge in [-0.1, -0.05) is 38.3 Å². The molecule has 0 bridgehead atoms. The monoisotopic (exact) mass is 523 g/mol. The standard InChI is InChI=1S/C26H38F5NO4/c1-2-3-4-7-18(33)9-10-19-20-11-16-6-5-8-23(21(16)12-17(20)13-22(19)34)36-14-24(35)32-15-25(27,28)26(29,30)31/h5-6,8,17-20,22,24,32-35H,2-4,7,9-15H2,1H3/t17-,18+,19+,20-,22+,24?/m0/s1. The van der Waals surface area contributed by atoms with Crippen LogP contribution in [0.2, 0.25) is 0 Å². The quantitative estimate of drug-likeness (QED) is 0.173. The summed E-state index contributed by atoms with van der Waals surface area (Å²) in [4.78, 5) is 0. The fraction of sp³-hybridized carbons (Fsp3) is 0.769. The molecule has 2 aliphatic rings. The van der Waals surface area contributed by atoms with Crippen LogP contribution in [0.1, 0.15) is 63.0 Å². The Hall–Kier alpha value is -1.49. The molecule has 2 aliphatic carbocycles. The van der Waals surface area contributed by atoms with E-state index in [0.29, 0.717) is 25.0 Å². The van der Waals surface area contributed by atoms with Gasteiger partial charge in [0.2, 0.25) is 0 Å². The van der Waals surface area contributed by atoms with Gasteiger partial charge in [0.1, 0.15) is 18.6 Å². The Kier molecular flexibility index (Phi) is 9.99. The summed E-state index contributed by atoms with van der Waals surface area (Å²) in [6, 6.07) is 5.44. The van der Waals surface area contributed by atoms with Gasteiger partial charge in [-0.15, -0.1) is 0 Å². The van der Waals surface area contributed by atoms with E-state index >= 15 is 0 Å². The molecule has 1 unspecified atom stereocenters. The minimum atomic E-state index is -5.70. The first-order valence-electron chi connectivity index (χ1n) is 12.9. The topological polar surface area (TPSA) is 82.0 Å². The van der Waals surface area contributed by atoms with E-state index in [1.807, 2.05) is 6.07 Å². The van der Waals surface area contributed by atoms with Gasteiger partial charge in [-0.25, -0.2) is 0 Å². The van der Waals surface area contributed by atoms with E-state index in [9.17, 15) is 37.3 Å². The highest BCUT2D eigenvalue weighted by molar-refractivity contribution is 5.43. The van der Waals surface area contributed by atoms with Gasteiger partial charge in [-0.3, -0.25) is 5.32 Å². The summed E-state index contributed by atoms with van der Waals surface area (Å²) in [6.07, 6.45) is -0.742. The molecule has 0 aliphatic heterocycles. The number of fused-ring (bicyclic) bond motifs is 2. The van der Waals surface area contributed by atoms with Crippen LogP contribution in [-0.4, -0.2) is 59.0 Å². The number of hydrogen-bond acceptors (Lipinski definition) is 5. The van der Waals surface area contributed by atoms with Crippen molar-refractivity contribution in [2.24, 2.45) is 17.8 Å². The van der Waals surface area contributed by atoms with E-state index in [2.05, 4.69) is 6.92 Å². The second kappa shape index (κ2) is 12.4. The molecule has 0 heterocycles. The summed E-state index contributed by atoms with van der Waals surface area (Å²) in [5, 5.41) is 32.7. The van der Waals surface area contributed by atoms with Crippen molar-refractivity contribution in [3.05, 3.63) is 29.3 Å². The van der Waals surface area contributed by atoms with Gasteiger partial charge in [0, 0.05) is 0 Å². The molecular weight excluding hydrogens is 485 g/mol. The summed E-state index contributed by atoms with van der Waals surface area (Å²) in [5.41, 5.74) is 1.96. The van der Waals surface area contributed by atoms with Crippen LogP contribution in [0.15, 0.2) is 18.2 Å². The number of nitrogens with one attached hydrogen (secondary N) is 1.